The first-order chi connectivity index (χ1) is 11.6. The molecule has 0 spiro atoms. The maximum atomic E-state index is 12.4. The molecular formula is C18H24Cl2N2O2. The van der Waals surface area contributed by atoms with Gasteiger partial charge in [-0.15, -0.1) is 0 Å². The number of hydrogen-bond donors (Lipinski definition) is 1. The molecule has 0 bridgehead atoms. The van der Waals surface area contributed by atoms with Gasteiger partial charge < -0.3 is 10.1 Å². The van der Waals surface area contributed by atoms with Crippen molar-refractivity contribution in [1.29, 1.82) is 0 Å². The first-order valence-electron chi connectivity index (χ1n) is 8.67. The zero-order valence-electron chi connectivity index (χ0n) is 13.8. The summed E-state index contributed by atoms with van der Waals surface area (Å²) in [6, 6.07) is 5.60. The fourth-order valence-corrected chi connectivity index (χ4v) is 3.94. The number of carbonyl (C=O) groups is 1. The third kappa shape index (κ3) is 4.85. The Hall–Kier alpha value is -0.810. The zero-order chi connectivity index (χ0) is 16.9. The Morgan fingerprint density at radius 3 is 2.92 bits per heavy atom. The molecule has 3 rings (SSSR count). The maximum Gasteiger partial charge on any atom is 0.224 e. The van der Waals surface area contributed by atoms with Crippen molar-refractivity contribution >= 4 is 29.1 Å². The molecule has 4 nitrogen and oxygen atoms in total. The van der Waals surface area contributed by atoms with Gasteiger partial charge in [0.2, 0.25) is 5.91 Å². The fraction of sp³-hybridized carbons (Fsp3) is 0.611. The average molecular weight is 371 g/mol. The Morgan fingerprint density at radius 2 is 2.17 bits per heavy atom. The van der Waals surface area contributed by atoms with E-state index >= 15 is 0 Å². The molecular weight excluding hydrogens is 347 g/mol. The van der Waals surface area contributed by atoms with Crippen LogP contribution in [-0.4, -0.2) is 43.2 Å². The van der Waals surface area contributed by atoms with Crippen molar-refractivity contribution in [3.63, 3.8) is 0 Å². The fourth-order valence-electron chi connectivity index (χ4n) is 3.47. The molecule has 1 aromatic carbocycles. The van der Waals surface area contributed by atoms with Gasteiger partial charge in [-0.3, -0.25) is 9.69 Å². The highest BCUT2D eigenvalue weighted by atomic mass is 35.5. The molecule has 0 radical (unpaired) electrons. The number of hydrogen-bond acceptors (Lipinski definition) is 3. The summed E-state index contributed by atoms with van der Waals surface area (Å²) in [4.78, 5) is 14.7. The maximum absolute atomic E-state index is 12.4. The van der Waals surface area contributed by atoms with Gasteiger partial charge in [0.1, 0.15) is 0 Å². The van der Waals surface area contributed by atoms with Crippen molar-refractivity contribution in [2.45, 2.75) is 38.3 Å². The summed E-state index contributed by atoms with van der Waals surface area (Å²) in [5.74, 6) is 0.198. The lowest BCUT2D eigenvalue weighted by Gasteiger charge is -2.32. The lowest BCUT2D eigenvalue weighted by Crippen LogP contribution is -2.44. The first-order valence-corrected chi connectivity index (χ1v) is 9.43. The molecule has 6 heteroatoms. The minimum atomic E-state index is 0.0474. The molecule has 2 aliphatic rings. The smallest absolute Gasteiger partial charge is 0.224 e. The lowest BCUT2D eigenvalue weighted by atomic mass is 9.96. The molecule has 0 saturated carbocycles. The predicted molar refractivity (Wildman–Crippen MR) is 96.4 cm³/mol. The molecule has 2 fully saturated rings. The molecule has 0 aliphatic carbocycles. The second kappa shape index (κ2) is 8.52. The summed E-state index contributed by atoms with van der Waals surface area (Å²) in [5.41, 5.74) is 1.06. The normalized spacial score (nSPS) is 24.9. The summed E-state index contributed by atoms with van der Waals surface area (Å²) >= 11 is 12.2. The van der Waals surface area contributed by atoms with Gasteiger partial charge in [0.05, 0.1) is 12.0 Å². The minimum absolute atomic E-state index is 0.0474. The van der Waals surface area contributed by atoms with Crippen LogP contribution >= 0.6 is 23.2 Å². The van der Waals surface area contributed by atoms with E-state index in [9.17, 15) is 4.79 Å². The molecule has 1 amide bonds. The van der Waals surface area contributed by atoms with Gasteiger partial charge in [-0.25, -0.2) is 0 Å². The highest BCUT2D eigenvalue weighted by Crippen LogP contribution is 2.25. The van der Waals surface area contributed by atoms with E-state index in [0.717, 1.165) is 57.5 Å². The van der Waals surface area contributed by atoms with Crippen LogP contribution in [-0.2, 0) is 16.1 Å². The molecule has 1 aromatic rings. The number of nitrogens with one attached hydrogen (secondary N) is 1. The van der Waals surface area contributed by atoms with E-state index in [4.69, 9.17) is 27.9 Å². The van der Waals surface area contributed by atoms with E-state index in [1.165, 1.54) is 0 Å². The Bertz CT molecular complexity index is 576. The highest BCUT2D eigenvalue weighted by Gasteiger charge is 2.27. The number of halogens is 2. The van der Waals surface area contributed by atoms with Gasteiger partial charge >= 0.3 is 0 Å². The number of amides is 1. The van der Waals surface area contributed by atoms with E-state index < -0.39 is 0 Å². The van der Waals surface area contributed by atoms with E-state index in [1.807, 2.05) is 12.1 Å². The summed E-state index contributed by atoms with van der Waals surface area (Å²) in [6.45, 7) is 3.98. The lowest BCUT2D eigenvalue weighted by molar-refractivity contribution is -0.127. The number of nitrogens with zero attached hydrogens (tertiary/aromatic N) is 1. The van der Waals surface area contributed by atoms with Crippen LogP contribution in [0.15, 0.2) is 18.2 Å². The molecule has 2 aliphatic heterocycles. The van der Waals surface area contributed by atoms with Gasteiger partial charge in [0.25, 0.3) is 0 Å². The zero-order valence-corrected chi connectivity index (χ0v) is 15.3. The van der Waals surface area contributed by atoms with Crippen LogP contribution < -0.4 is 5.32 Å². The third-order valence-electron chi connectivity index (χ3n) is 4.81. The first kappa shape index (κ1) is 18.0. The predicted octanol–water partition coefficient (Wildman–Crippen LogP) is 3.50. The van der Waals surface area contributed by atoms with Crippen LogP contribution in [0.1, 0.15) is 31.2 Å². The van der Waals surface area contributed by atoms with Crippen molar-refractivity contribution in [1.82, 2.24) is 10.2 Å². The Morgan fingerprint density at radius 1 is 1.29 bits per heavy atom. The van der Waals surface area contributed by atoms with Crippen molar-refractivity contribution in [3.8, 4) is 0 Å². The molecule has 2 atom stereocenters. The second-order valence-corrected chi connectivity index (χ2v) is 7.53. The van der Waals surface area contributed by atoms with Gasteiger partial charge in [0.15, 0.2) is 0 Å². The topological polar surface area (TPSA) is 41.6 Å². The number of ether oxygens (including phenoxy) is 1. The standard InChI is InChI=1S/C18H24Cl2N2O2/c19-15-6-5-13(17(20)9-15)11-22-7-1-3-14(12-22)18(23)21-10-16-4-2-8-24-16/h5-6,9,14,16H,1-4,7-8,10-12H2,(H,21,23)/t14-,16+/m0/s1. The highest BCUT2D eigenvalue weighted by molar-refractivity contribution is 6.35. The number of likely N-dealkylation sites (tertiary alicyclic amines) is 1. The van der Waals surface area contributed by atoms with Crippen LogP contribution in [0, 0.1) is 5.92 Å². The minimum Gasteiger partial charge on any atom is -0.376 e. The second-order valence-electron chi connectivity index (χ2n) is 6.69. The summed E-state index contributed by atoms with van der Waals surface area (Å²) in [7, 11) is 0. The average Bonchev–Trinajstić information content (AvgIpc) is 3.09. The molecule has 2 saturated heterocycles. The summed E-state index contributed by atoms with van der Waals surface area (Å²) in [5, 5.41) is 4.40. The monoisotopic (exact) mass is 370 g/mol. The Kier molecular flexibility index (Phi) is 6.39. The molecule has 2 heterocycles. The quantitative estimate of drug-likeness (QED) is 0.862. The third-order valence-corrected chi connectivity index (χ3v) is 5.40. The van der Waals surface area contributed by atoms with Crippen LogP contribution in [0.4, 0.5) is 0 Å². The van der Waals surface area contributed by atoms with Gasteiger partial charge in [-0.05, 0) is 49.9 Å². The summed E-state index contributed by atoms with van der Waals surface area (Å²) in [6.07, 6.45) is 4.32. The van der Waals surface area contributed by atoms with Gasteiger partial charge in [-0.2, -0.15) is 0 Å². The van der Waals surface area contributed by atoms with Crippen molar-refractivity contribution in [2.75, 3.05) is 26.2 Å². The molecule has 1 N–H and O–H groups in total. The van der Waals surface area contributed by atoms with Crippen LogP contribution in [0.25, 0.3) is 0 Å². The van der Waals surface area contributed by atoms with E-state index in [-0.39, 0.29) is 17.9 Å². The van der Waals surface area contributed by atoms with Gasteiger partial charge in [-0.1, -0.05) is 29.3 Å². The summed E-state index contributed by atoms with van der Waals surface area (Å²) < 4.78 is 5.56. The Balaban J connectivity index is 1.50. The van der Waals surface area contributed by atoms with E-state index in [2.05, 4.69) is 10.2 Å². The number of piperidine rings is 1. The molecule has 0 unspecified atom stereocenters. The number of benzene rings is 1. The molecule has 24 heavy (non-hydrogen) atoms. The largest absolute Gasteiger partial charge is 0.376 e. The van der Waals surface area contributed by atoms with E-state index in [0.29, 0.717) is 16.6 Å². The Labute approximate surface area is 153 Å². The SMILES string of the molecule is O=C(NC[C@H]1CCCO1)[C@H]1CCCN(Cc2ccc(Cl)cc2Cl)C1. The van der Waals surface area contributed by atoms with Crippen molar-refractivity contribution in [2.24, 2.45) is 5.92 Å². The number of rotatable bonds is 5. The van der Waals surface area contributed by atoms with Crippen molar-refractivity contribution < 1.29 is 9.53 Å². The van der Waals surface area contributed by atoms with Crippen LogP contribution in [0.2, 0.25) is 10.0 Å². The van der Waals surface area contributed by atoms with E-state index in [1.54, 1.807) is 6.07 Å². The van der Waals surface area contributed by atoms with Crippen molar-refractivity contribution in [3.05, 3.63) is 33.8 Å². The molecule has 0 aromatic heterocycles. The van der Waals surface area contributed by atoms with Crippen LogP contribution in [0.3, 0.4) is 0 Å². The number of carbonyl (C=O) groups excluding carboxylic acids is 1. The molecule has 132 valence electrons. The van der Waals surface area contributed by atoms with Gasteiger partial charge in [0, 0.05) is 36.3 Å². The van der Waals surface area contributed by atoms with Crippen LogP contribution in [0.5, 0.6) is 0 Å².